The Kier molecular flexibility index (Phi) is 4.13. The van der Waals surface area contributed by atoms with Crippen LogP contribution in [0.5, 0.6) is 0 Å². The molecule has 1 aromatic rings. The van der Waals surface area contributed by atoms with E-state index >= 15 is 0 Å². The van der Waals surface area contributed by atoms with Gasteiger partial charge in [-0.1, -0.05) is 13.8 Å². The highest BCUT2D eigenvalue weighted by atomic mass is 32.1. The lowest BCUT2D eigenvalue weighted by Gasteiger charge is -2.42. The Bertz CT molecular complexity index is 630. The van der Waals surface area contributed by atoms with Crippen LogP contribution in [0, 0.1) is 5.92 Å². The van der Waals surface area contributed by atoms with Crippen LogP contribution in [0.2, 0.25) is 0 Å². The molecule has 0 saturated carbocycles. The molecule has 1 aliphatic rings. The molecule has 2 rings (SSSR count). The molecular formula is C16H25N3O2S. The SMILES string of the molecule is CC(C)C(=O)Nc1sc2c(c1C(N)=O)CC(C)(C)NC2(C)C. The van der Waals surface area contributed by atoms with Crippen LogP contribution in [0.25, 0.3) is 0 Å². The fourth-order valence-corrected chi connectivity index (χ4v) is 4.42. The normalized spacial score (nSPS) is 18.9. The van der Waals surface area contributed by atoms with Crippen molar-refractivity contribution < 1.29 is 9.59 Å². The van der Waals surface area contributed by atoms with E-state index in [1.165, 1.54) is 11.3 Å². The van der Waals surface area contributed by atoms with Crippen LogP contribution in [0.15, 0.2) is 0 Å². The number of hydrogen-bond acceptors (Lipinski definition) is 4. The van der Waals surface area contributed by atoms with Gasteiger partial charge in [0.05, 0.1) is 5.56 Å². The van der Waals surface area contributed by atoms with Crippen molar-refractivity contribution in [2.75, 3.05) is 5.32 Å². The molecular weight excluding hydrogens is 298 g/mol. The molecule has 2 amide bonds. The lowest BCUT2D eigenvalue weighted by Crippen LogP contribution is -2.55. The fraction of sp³-hybridized carbons (Fsp3) is 0.625. The number of carbonyl (C=O) groups excluding carboxylic acids is 2. The summed E-state index contributed by atoms with van der Waals surface area (Å²) in [7, 11) is 0. The molecule has 5 nitrogen and oxygen atoms in total. The Morgan fingerprint density at radius 2 is 1.86 bits per heavy atom. The average molecular weight is 323 g/mol. The van der Waals surface area contributed by atoms with Gasteiger partial charge in [-0.3, -0.25) is 9.59 Å². The zero-order chi connectivity index (χ0) is 16.9. The number of nitrogens with two attached hydrogens (primary N) is 1. The highest BCUT2D eigenvalue weighted by Gasteiger charge is 2.41. The van der Waals surface area contributed by atoms with Crippen molar-refractivity contribution in [1.29, 1.82) is 0 Å². The molecule has 0 bridgehead atoms. The molecule has 6 heteroatoms. The van der Waals surface area contributed by atoms with E-state index in [0.717, 1.165) is 10.4 Å². The molecule has 0 atom stereocenters. The molecule has 0 unspecified atom stereocenters. The van der Waals surface area contributed by atoms with Crippen LogP contribution in [0.1, 0.15) is 62.3 Å². The summed E-state index contributed by atoms with van der Waals surface area (Å²) in [6.07, 6.45) is 0.706. The summed E-state index contributed by atoms with van der Waals surface area (Å²) in [5.74, 6) is -0.737. The molecule has 1 aliphatic heterocycles. The first-order valence-corrected chi connectivity index (χ1v) is 8.32. The molecule has 0 fully saturated rings. The van der Waals surface area contributed by atoms with E-state index in [4.69, 9.17) is 5.73 Å². The summed E-state index contributed by atoms with van der Waals surface area (Å²) in [4.78, 5) is 25.1. The van der Waals surface area contributed by atoms with E-state index in [9.17, 15) is 9.59 Å². The number of hydrogen-bond donors (Lipinski definition) is 3. The quantitative estimate of drug-likeness (QED) is 0.799. The predicted molar refractivity (Wildman–Crippen MR) is 90.2 cm³/mol. The van der Waals surface area contributed by atoms with Crippen LogP contribution in [-0.4, -0.2) is 17.4 Å². The topological polar surface area (TPSA) is 84.2 Å². The van der Waals surface area contributed by atoms with E-state index in [2.05, 4.69) is 38.3 Å². The zero-order valence-electron chi connectivity index (χ0n) is 14.1. The van der Waals surface area contributed by atoms with Gasteiger partial charge in [-0.2, -0.15) is 0 Å². The maximum atomic E-state index is 12.0. The first kappa shape index (κ1) is 17.0. The Labute approximate surface area is 135 Å². The number of rotatable bonds is 3. The number of nitrogens with one attached hydrogen (secondary N) is 2. The Balaban J connectivity index is 2.58. The molecule has 4 N–H and O–H groups in total. The second kappa shape index (κ2) is 5.35. The van der Waals surface area contributed by atoms with E-state index < -0.39 is 5.91 Å². The van der Waals surface area contributed by atoms with Crippen molar-refractivity contribution in [3.05, 3.63) is 16.0 Å². The molecule has 122 valence electrons. The van der Waals surface area contributed by atoms with Gasteiger partial charge in [0, 0.05) is 21.9 Å². The molecule has 0 spiro atoms. The minimum Gasteiger partial charge on any atom is -0.365 e. The predicted octanol–water partition coefficient (Wildman–Crippen LogP) is 2.60. The number of thiophene rings is 1. The summed E-state index contributed by atoms with van der Waals surface area (Å²) in [6.45, 7) is 12.0. The number of carbonyl (C=O) groups is 2. The molecule has 22 heavy (non-hydrogen) atoms. The third-order valence-electron chi connectivity index (χ3n) is 3.85. The van der Waals surface area contributed by atoms with Gasteiger partial charge < -0.3 is 16.4 Å². The van der Waals surface area contributed by atoms with Crippen molar-refractivity contribution in [3.8, 4) is 0 Å². The number of fused-ring (bicyclic) bond motifs is 1. The second-order valence-corrected chi connectivity index (χ2v) is 8.45. The van der Waals surface area contributed by atoms with Crippen LogP contribution in [0.4, 0.5) is 5.00 Å². The smallest absolute Gasteiger partial charge is 0.251 e. The van der Waals surface area contributed by atoms with Crippen LogP contribution >= 0.6 is 11.3 Å². The van der Waals surface area contributed by atoms with Gasteiger partial charge in [0.15, 0.2) is 0 Å². The average Bonchev–Trinajstić information content (AvgIpc) is 2.65. The third kappa shape index (κ3) is 3.03. The van der Waals surface area contributed by atoms with Gasteiger partial charge in [-0.25, -0.2) is 0 Å². The van der Waals surface area contributed by atoms with Gasteiger partial charge in [0.1, 0.15) is 5.00 Å². The van der Waals surface area contributed by atoms with Gasteiger partial charge in [-0.15, -0.1) is 11.3 Å². The van der Waals surface area contributed by atoms with Crippen molar-refractivity contribution >= 4 is 28.2 Å². The lowest BCUT2D eigenvalue weighted by molar-refractivity contribution is -0.118. The fourth-order valence-electron chi connectivity index (χ4n) is 3.13. The highest BCUT2D eigenvalue weighted by molar-refractivity contribution is 7.17. The van der Waals surface area contributed by atoms with Gasteiger partial charge in [0.2, 0.25) is 5.91 Å². The van der Waals surface area contributed by atoms with Crippen LogP contribution < -0.4 is 16.4 Å². The summed E-state index contributed by atoms with van der Waals surface area (Å²) in [5, 5.41) is 7.03. The van der Waals surface area contributed by atoms with Crippen molar-refractivity contribution in [1.82, 2.24) is 5.32 Å². The number of anilines is 1. The van der Waals surface area contributed by atoms with Gasteiger partial charge >= 0.3 is 0 Å². The standard InChI is InChI=1S/C16H25N3O2S/c1-8(2)13(21)18-14-10(12(17)20)9-7-15(3,4)19-16(5,6)11(9)22-14/h8,19H,7H2,1-6H3,(H2,17,20)(H,18,21). The minimum absolute atomic E-state index is 0.105. The molecule has 0 radical (unpaired) electrons. The van der Waals surface area contributed by atoms with E-state index in [1.54, 1.807) is 0 Å². The Morgan fingerprint density at radius 3 is 2.36 bits per heavy atom. The largest absolute Gasteiger partial charge is 0.365 e. The van der Waals surface area contributed by atoms with Gasteiger partial charge in [-0.05, 0) is 39.7 Å². The second-order valence-electron chi connectivity index (χ2n) is 7.43. The van der Waals surface area contributed by atoms with Gasteiger partial charge in [0.25, 0.3) is 5.91 Å². The summed E-state index contributed by atoms with van der Waals surface area (Å²) in [5.41, 5.74) is 6.63. The molecule has 0 saturated heterocycles. The summed E-state index contributed by atoms with van der Waals surface area (Å²) >= 11 is 1.45. The third-order valence-corrected chi connectivity index (χ3v) is 5.32. The van der Waals surface area contributed by atoms with Crippen molar-refractivity contribution in [2.45, 2.75) is 59.0 Å². The maximum Gasteiger partial charge on any atom is 0.251 e. The first-order chi connectivity index (χ1) is 9.94. The summed E-state index contributed by atoms with van der Waals surface area (Å²) in [6, 6.07) is 0. The van der Waals surface area contributed by atoms with E-state index in [-0.39, 0.29) is 22.9 Å². The lowest BCUT2D eigenvalue weighted by atomic mass is 9.81. The summed E-state index contributed by atoms with van der Waals surface area (Å²) < 4.78 is 0. The number of primary amides is 1. The zero-order valence-corrected chi connectivity index (χ0v) is 14.9. The maximum absolute atomic E-state index is 12.0. The van der Waals surface area contributed by atoms with E-state index in [1.807, 2.05) is 13.8 Å². The van der Waals surface area contributed by atoms with Crippen LogP contribution in [0.3, 0.4) is 0 Å². The monoisotopic (exact) mass is 323 g/mol. The first-order valence-electron chi connectivity index (χ1n) is 7.51. The van der Waals surface area contributed by atoms with Crippen LogP contribution in [-0.2, 0) is 16.8 Å². The highest BCUT2D eigenvalue weighted by Crippen LogP contribution is 2.44. The molecule has 0 aliphatic carbocycles. The van der Waals surface area contributed by atoms with Crippen molar-refractivity contribution in [3.63, 3.8) is 0 Å². The van der Waals surface area contributed by atoms with Crippen molar-refractivity contribution in [2.24, 2.45) is 11.7 Å². The molecule has 0 aromatic carbocycles. The number of amides is 2. The molecule has 1 aromatic heterocycles. The molecule has 2 heterocycles. The van der Waals surface area contributed by atoms with E-state index in [0.29, 0.717) is 17.0 Å². The Hall–Kier alpha value is -1.40. The minimum atomic E-state index is -0.481. The Morgan fingerprint density at radius 1 is 1.27 bits per heavy atom.